The van der Waals surface area contributed by atoms with Crippen molar-refractivity contribution in [3.05, 3.63) is 47.8 Å². The van der Waals surface area contributed by atoms with E-state index < -0.39 is 47.3 Å². The number of anilines is 2. The van der Waals surface area contributed by atoms with Crippen LogP contribution in [0.15, 0.2) is 36.4 Å². The largest absolute Gasteiger partial charge is 0.573 e. The van der Waals surface area contributed by atoms with Crippen LogP contribution in [-0.4, -0.2) is 73.5 Å². The quantitative estimate of drug-likeness (QED) is 0.198. The molecule has 0 aromatic heterocycles. The molecule has 2 amide bonds. The molecule has 2 fully saturated rings. The number of benzene rings is 2. The molecule has 4 rings (SSSR count). The Morgan fingerprint density at radius 1 is 1.10 bits per heavy atom. The van der Waals surface area contributed by atoms with E-state index in [4.69, 9.17) is 14.9 Å². The molecule has 1 aliphatic carbocycles. The van der Waals surface area contributed by atoms with Gasteiger partial charge in [0.25, 0.3) is 0 Å². The van der Waals surface area contributed by atoms with Gasteiger partial charge < -0.3 is 29.7 Å². The van der Waals surface area contributed by atoms with Crippen LogP contribution in [0.2, 0.25) is 0 Å². The second kappa shape index (κ2) is 12.1. The monoisotopic (exact) mass is 580 g/mol. The minimum atomic E-state index is -5.12. The number of rotatable bonds is 12. The van der Waals surface area contributed by atoms with Crippen LogP contribution in [0.3, 0.4) is 0 Å². The third kappa shape index (κ3) is 7.12. The van der Waals surface area contributed by atoms with Crippen molar-refractivity contribution in [3.63, 3.8) is 0 Å². The van der Waals surface area contributed by atoms with E-state index in [1.165, 1.54) is 25.0 Å². The number of amides is 2. The first-order valence-corrected chi connectivity index (χ1v) is 12.7. The van der Waals surface area contributed by atoms with E-state index >= 15 is 0 Å². The summed E-state index contributed by atoms with van der Waals surface area (Å²) in [4.78, 5) is 39.6. The number of Topliss-reactive ketones (excluding diaryl/α,β-unsaturated/α-hetero) is 1. The second-order valence-electron chi connectivity index (χ2n) is 9.60. The fourth-order valence-electron chi connectivity index (χ4n) is 4.74. The van der Waals surface area contributed by atoms with E-state index in [0.717, 1.165) is 18.2 Å². The van der Waals surface area contributed by atoms with Crippen molar-refractivity contribution in [2.24, 2.45) is 5.92 Å². The first kappa shape index (κ1) is 29.8. The zero-order valence-electron chi connectivity index (χ0n) is 22.1. The van der Waals surface area contributed by atoms with Crippen molar-refractivity contribution >= 4 is 34.7 Å². The maximum absolute atomic E-state index is 14.6. The lowest BCUT2D eigenvalue weighted by Crippen LogP contribution is -2.47. The van der Waals surface area contributed by atoms with Gasteiger partial charge in [-0.15, -0.1) is 13.2 Å². The fraction of sp³-hybridized carbons (Fsp3) is 0.407. The molecular weight excluding hydrogens is 552 g/mol. The maximum Gasteiger partial charge on any atom is 0.573 e. The maximum atomic E-state index is 14.6. The Kier molecular flexibility index (Phi) is 8.80. The predicted molar refractivity (Wildman–Crippen MR) is 139 cm³/mol. The van der Waals surface area contributed by atoms with Gasteiger partial charge >= 0.3 is 6.36 Å². The SMILES string of the molecule is COCCOc1ccc(NCC(=O)N2[C@@H]3CC3C[C@H]2C(=O)Nc2cccc(OC(F)(F)F)c2F)c(C(=N)C(C)=O)c1. The molecule has 10 nitrogen and oxygen atoms in total. The van der Waals surface area contributed by atoms with Gasteiger partial charge in [-0.2, -0.15) is 0 Å². The number of piperidine rings is 1. The topological polar surface area (TPSA) is 130 Å². The average molecular weight is 581 g/mol. The number of likely N-dealkylation sites (tertiary alicyclic amines) is 1. The summed E-state index contributed by atoms with van der Waals surface area (Å²) in [6.07, 6.45) is -4.12. The molecule has 14 heteroatoms. The summed E-state index contributed by atoms with van der Waals surface area (Å²) < 4.78 is 66.5. The van der Waals surface area contributed by atoms with Crippen LogP contribution in [0.25, 0.3) is 0 Å². The van der Waals surface area contributed by atoms with Crippen molar-refractivity contribution in [1.29, 1.82) is 5.41 Å². The Balaban J connectivity index is 1.45. The molecule has 2 aromatic rings. The highest BCUT2D eigenvalue weighted by atomic mass is 19.4. The Labute approximate surface area is 232 Å². The lowest BCUT2D eigenvalue weighted by Gasteiger charge is -2.27. The number of ketones is 1. The van der Waals surface area contributed by atoms with Gasteiger partial charge in [-0.05, 0) is 49.1 Å². The summed E-state index contributed by atoms with van der Waals surface area (Å²) in [7, 11) is 1.52. The van der Waals surface area contributed by atoms with Gasteiger partial charge in [-0.25, -0.2) is 4.39 Å². The summed E-state index contributed by atoms with van der Waals surface area (Å²) in [5.74, 6) is -3.71. The summed E-state index contributed by atoms with van der Waals surface area (Å²) in [6.45, 7) is 1.54. The van der Waals surface area contributed by atoms with Crippen molar-refractivity contribution in [2.75, 3.05) is 37.5 Å². The summed E-state index contributed by atoms with van der Waals surface area (Å²) in [5, 5.41) is 13.4. The number of hydrogen-bond donors (Lipinski definition) is 3. The van der Waals surface area contributed by atoms with Crippen LogP contribution in [0.4, 0.5) is 28.9 Å². The fourth-order valence-corrected chi connectivity index (χ4v) is 4.74. The molecule has 2 aromatic carbocycles. The van der Waals surface area contributed by atoms with Crippen LogP contribution in [-0.2, 0) is 19.1 Å². The van der Waals surface area contributed by atoms with Crippen LogP contribution >= 0.6 is 0 Å². The number of alkyl halides is 3. The van der Waals surface area contributed by atoms with E-state index in [-0.39, 0.29) is 36.4 Å². The van der Waals surface area contributed by atoms with E-state index in [1.807, 2.05) is 0 Å². The minimum absolute atomic E-state index is 0.0735. The van der Waals surface area contributed by atoms with Crippen molar-refractivity contribution in [1.82, 2.24) is 4.90 Å². The van der Waals surface area contributed by atoms with E-state index in [0.29, 0.717) is 30.9 Å². The molecular formula is C27H28F4N4O6. The predicted octanol–water partition coefficient (Wildman–Crippen LogP) is 3.75. The van der Waals surface area contributed by atoms with Gasteiger partial charge in [-0.3, -0.25) is 19.8 Å². The molecule has 1 aliphatic heterocycles. The number of fused-ring (bicyclic) bond motifs is 1. The van der Waals surface area contributed by atoms with Crippen molar-refractivity contribution in [2.45, 2.75) is 38.2 Å². The number of nitrogens with zero attached hydrogens (tertiary/aromatic N) is 1. The van der Waals surface area contributed by atoms with E-state index in [2.05, 4.69) is 15.4 Å². The Morgan fingerprint density at radius 2 is 1.85 bits per heavy atom. The van der Waals surface area contributed by atoms with Crippen LogP contribution < -0.4 is 20.1 Å². The van der Waals surface area contributed by atoms with Gasteiger partial charge in [0.2, 0.25) is 11.8 Å². The number of nitrogens with one attached hydrogen (secondary N) is 3. The average Bonchev–Trinajstić information content (AvgIpc) is 3.57. The third-order valence-electron chi connectivity index (χ3n) is 6.74. The number of ether oxygens (including phenoxy) is 3. The highest BCUT2D eigenvalue weighted by Gasteiger charge is 2.56. The molecule has 0 radical (unpaired) electrons. The zero-order chi connectivity index (χ0) is 29.9. The normalized spacial score (nSPS) is 19.3. The van der Waals surface area contributed by atoms with Crippen LogP contribution in [0.5, 0.6) is 11.5 Å². The van der Waals surface area contributed by atoms with Crippen LogP contribution in [0, 0.1) is 17.1 Å². The Bertz CT molecular complexity index is 1350. The molecule has 1 saturated carbocycles. The summed E-state index contributed by atoms with van der Waals surface area (Å²) in [6, 6.07) is 6.48. The highest BCUT2D eigenvalue weighted by Crippen LogP contribution is 2.48. The molecule has 220 valence electrons. The number of methoxy groups -OCH3 is 1. The second-order valence-corrected chi connectivity index (χ2v) is 9.60. The number of carbonyl (C=O) groups is 3. The van der Waals surface area contributed by atoms with E-state index in [9.17, 15) is 31.9 Å². The molecule has 3 N–H and O–H groups in total. The number of hydrogen-bond acceptors (Lipinski definition) is 8. The van der Waals surface area contributed by atoms with E-state index in [1.54, 1.807) is 12.1 Å². The Morgan fingerprint density at radius 3 is 2.54 bits per heavy atom. The molecule has 0 bridgehead atoms. The van der Waals surface area contributed by atoms with Crippen LogP contribution in [0.1, 0.15) is 25.3 Å². The van der Waals surface area contributed by atoms with Gasteiger partial charge in [0.1, 0.15) is 24.1 Å². The smallest absolute Gasteiger partial charge is 0.491 e. The number of carbonyl (C=O) groups excluding carboxylic acids is 3. The molecule has 0 spiro atoms. The molecule has 2 aliphatic rings. The van der Waals surface area contributed by atoms with Gasteiger partial charge in [0.05, 0.1) is 18.8 Å². The number of halogens is 4. The minimum Gasteiger partial charge on any atom is -0.491 e. The van der Waals surface area contributed by atoms with Crippen molar-refractivity contribution in [3.8, 4) is 11.5 Å². The zero-order valence-corrected chi connectivity index (χ0v) is 22.1. The van der Waals surface area contributed by atoms with Gasteiger partial charge in [0, 0.05) is 31.3 Å². The van der Waals surface area contributed by atoms with Crippen molar-refractivity contribution < 1.29 is 46.2 Å². The summed E-state index contributed by atoms with van der Waals surface area (Å²) in [5.41, 5.74) is -0.259. The lowest BCUT2D eigenvalue weighted by atomic mass is 10.0. The molecule has 41 heavy (non-hydrogen) atoms. The molecule has 1 heterocycles. The standard InChI is InChI=1S/C27H28F4N4O6/c1-14(36)25(32)17-12-16(40-9-8-39-2)6-7-18(17)33-13-23(37)35-20-10-15(20)11-21(35)26(38)34-19-4-3-5-22(24(19)28)41-27(29,30)31/h3-7,12,15,20-21,32-33H,8-11,13H2,1-2H3,(H,34,38)/t15?,20-,21+/m1/s1. The molecule has 1 saturated heterocycles. The first-order valence-electron chi connectivity index (χ1n) is 12.7. The lowest BCUT2D eigenvalue weighted by molar-refractivity contribution is -0.275. The summed E-state index contributed by atoms with van der Waals surface area (Å²) >= 11 is 0. The first-order chi connectivity index (χ1) is 19.4. The van der Waals surface area contributed by atoms with Gasteiger partial charge in [0.15, 0.2) is 17.3 Å². The highest BCUT2D eigenvalue weighted by molar-refractivity contribution is 6.45. The Hall–Kier alpha value is -4.20. The molecule has 1 unspecified atom stereocenters. The molecule has 3 atom stereocenters. The van der Waals surface area contributed by atoms with Gasteiger partial charge in [-0.1, -0.05) is 6.07 Å². The third-order valence-corrected chi connectivity index (χ3v) is 6.74.